The Kier molecular flexibility index (Phi) is 5.84. The average molecular weight is 462 g/mol. The molecule has 0 spiro atoms. The van der Waals surface area contributed by atoms with Crippen LogP contribution in [-0.4, -0.2) is 43.6 Å². The molecule has 1 aliphatic heterocycles. The molecule has 0 radical (unpaired) electrons. The molecule has 1 aromatic carbocycles. The van der Waals surface area contributed by atoms with Crippen LogP contribution in [0.4, 0.5) is 11.6 Å². The number of anilines is 2. The summed E-state index contributed by atoms with van der Waals surface area (Å²) < 4.78 is 40.0. The molecule has 4 rings (SSSR count). The first-order valence-electron chi connectivity index (χ1n) is 9.41. The number of rotatable bonds is 6. The summed E-state index contributed by atoms with van der Waals surface area (Å²) in [6, 6.07) is 8.29. The van der Waals surface area contributed by atoms with E-state index in [1.807, 2.05) is 18.0 Å². The summed E-state index contributed by atoms with van der Waals surface area (Å²) in [5.74, 6) is 0.651. The lowest BCUT2D eigenvalue weighted by Gasteiger charge is -2.26. The Morgan fingerprint density at radius 3 is 2.87 bits per heavy atom. The number of likely N-dealkylation sites (N-methyl/N-ethyl adjacent to an activating group) is 1. The zero-order valence-corrected chi connectivity index (χ0v) is 18.4. The minimum atomic E-state index is -4.01. The summed E-state index contributed by atoms with van der Waals surface area (Å²) in [6.07, 6.45) is 3.31. The molecule has 3 heterocycles. The maximum absolute atomic E-state index is 13.1. The van der Waals surface area contributed by atoms with E-state index in [0.29, 0.717) is 29.6 Å². The number of hydrogen-bond acceptors (Lipinski definition) is 8. The minimum absolute atomic E-state index is 0.0307. The van der Waals surface area contributed by atoms with Gasteiger partial charge in [-0.3, -0.25) is 9.71 Å². The molecule has 0 atom stereocenters. The minimum Gasteiger partial charge on any atom is -0.473 e. The van der Waals surface area contributed by atoms with E-state index in [0.717, 1.165) is 5.56 Å². The molecule has 0 bridgehead atoms. The molecule has 0 saturated heterocycles. The van der Waals surface area contributed by atoms with Crippen LogP contribution in [0.3, 0.4) is 0 Å². The van der Waals surface area contributed by atoms with Crippen LogP contribution in [-0.2, 0) is 16.6 Å². The maximum Gasteiger partial charge on any atom is 0.263 e. The predicted molar refractivity (Wildman–Crippen MR) is 116 cm³/mol. The van der Waals surface area contributed by atoms with Crippen LogP contribution >= 0.6 is 11.6 Å². The summed E-state index contributed by atoms with van der Waals surface area (Å²) >= 11 is 6.11. The van der Waals surface area contributed by atoms with E-state index in [4.69, 9.17) is 21.1 Å². The van der Waals surface area contributed by atoms with Gasteiger partial charge in [0.1, 0.15) is 13.2 Å². The second-order valence-corrected chi connectivity index (χ2v) is 8.95. The van der Waals surface area contributed by atoms with E-state index >= 15 is 0 Å². The van der Waals surface area contributed by atoms with Gasteiger partial charge in [0.2, 0.25) is 5.82 Å². The Hall–Kier alpha value is -3.11. The van der Waals surface area contributed by atoms with E-state index in [1.54, 1.807) is 37.5 Å². The first-order valence-corrected chi connectivity index (χ1v) is 11.3. The fourth-order valence-electron chi connectivity index (χ4n) is 2.99. The van der Waals surface area contributed by atoms with Gasteiger partial charge >= 0.3 is 0 Å². The topological polar surface area (TPSA) is 107 Å². The highest BCUT2D eigenvalue weighted by Crippen LogP contribution is 2.35. The number of benzene rings is 1. The normalized spacial score (nSPS) is 13.3. The average Bonchev–Trinajstić information content (AvgIpc) is 2.75. The number of sulfonamides is 1. The number of halogens is 1. The monoisotopic (exact) mass is 461 g/mol. The van der Waals surface area contributed by atoms with Gasteiger partial charge in [-0.15, -0.1) is 0 Å². The van der Waals surface area contributed by atoms with Crippen LogP contribution in [0.25, 0.3) is 0 Å². The van der Waals surface area contributed by atoms with Gasteiger partial charge in [0.15, 0.2) is 5.82 Å². The lowest BCUT2D eigenvalue weighted by atomic mass is 10.2. The molecule has 0 fully saturated rings. The molecular weight excluding hydrogens is 442 g/mol. The van der Waals surface area contributed by atoms with Gasteiger partial charge in [0, 0.05) is 30.0 Å². The van der Waals surface area contributed by atoms with E-state index in [-0.39, 0.29) is 29.1 Å². The van der Waals surface area contributed by atoms with Crippen molar-refractivity contribution in [2.24, 2.45) is 0 Å². The van der Waals surface area contributed by atoms with Gasteiger partial charge in [0.25, 0.3) is 21.8 Å². The molecule has 162 valence electrons. The highest BCUT2D eigenvalue weighted by atomic mass is 35.5. The molecule has 0 saturated carbocycles. The second-order valence-electron chi connectivity index (χ2n) is 6.89. The number of nitrogens with zero attached hydrogens (tertiary/aromatic N) is 4. The third kappa shape index (κ3) is 4.49. The molecule has 31 heavy (non-hydrogen) atoms. The van der Waals surface area contributed by atoms with Crippen LogP contribution in [0, 0.1) is 6.92 Å². The van der Waals surface area contributed by atoms with Crippen molar-refractivity contribution in [3.8, 4) is 11.8 Å². The molecule has 0 amide bonds. The number of aromatic nitrogens is 3. The molecule has 0 aliphatic carbocycles. The molecule has 1 aliphatic rings. The molecule has 1 N–H and O–H groups in total. The zero-order chi connectivity index (χ0) is 22.0. The largest absolute Gasteiger partial charge is 0.473 e. The SMILES string of the molecule is Cc1c(Cl)cccc1S(=O)(=O)Nc1nc2c(nc1OCc1cccnc1)N(C)CCO2. The molecule has 0 unspecified atom stereocenters. The Morgan fingerprint density at radius 1 is 1.26 bits per heavy atom. The van der Waals surface area contributed by atoms with Gasteiger partial charge in [-0.25, -0.2) is 8.42 Å². The fraction of sp³-hybridized carbons (Fsp3) is 0.250. The Bertz CT molecular complexity index is 1210. The standard InChI is InChI=1S/C20H20ClN5O4S/c1-13-15(21)6-3-7-16(13)31(27,28)25-17-19(30-12-14-5-4-8-22-11-14)24-18-20(23-17)29-10-9-26(18)2/h3-8,11H,9-10,12H2,1-2H3,(H,23,25). The summed E-state index contributed by atoms with van der Waals surface area (Å²) in [7, 11) is -2.16. The molecule has 9 nitrogen and oxygen atoms in total. The van der Waals surface area contributed by atoms with Crippen molar-refractivity contribution in [3.63, 3.8) is 0 Å². The van der Waals surface area contributed by atoms with Crippen LogP contribution in [0.1, 0.15) is 11.1 Å². The van der Waals surface area contributed by atoms with Crippen molar-refractivity contribution in [1.82, 2.24) is 15.0 Å². The number of nitrogens with one attached hydrogen (secondary N) is 1. The molecular formula is C20H20ClN5O4S. The number of ether oxygens (including phenoxy) is 2. The first-order chi connectivity index (χ1) is 14.8. The van der Waals surface area contributed by atoms with Crippen molar-refractivity contribution in [3.05, 3.63) is 58.9 Å². The van der Waals surface area contributed by atoms with Crippen LogP contribution < -0.4 is 19.1 Å². The molecule has 11 heteroatoms. The Labute approximate surface area is 185 Å². The summed E-state index contributed by atoms with van der Waals surface area (Å²) in [5.41, 5.74) is 1.22. The van der Waals surface area contributed by atoms with Crippen LogP contribution in [0.15, 0.2) is 47.6 Å². The van der Waals surface area contributed by atoms with Crippen molar-refractivity contribution in [2.45, 2.75) is 18.4 Å². The summed E-state index contributed by atoms with van der Waals surface area (Å²) in [4.78, 5) is 14.8. The third-order valence-corrected chi connectivity index (χ3v) is 6.57. The van der Waals surface area contributed by atoms with Crippen molar-refractivity contribution < 1.29 is 17.9 Å². The fourth-order valence-corrected chi connectivity index (χ4v) is 4.49. The smallest absolute Gasteiger partial charge is 0.263 e. The second kappa shape index (κ2) is 8.56. The van der Waals surface area contributed by atoms with Crippen molar-refractivity contribution >= 4 is 33.3 Å². The Balaban J connectivity index is 1.72. The maximum atomic E-state index is 13.1. The molecule has 3 aromatic rings. The highest BCUT2D eigenvalue weighted by molar-refractivity contribution is 7.92. The first kappa shape index (κ1) is 21.1. The van der Waals surface area contributed by atoms with Gasteiger partial charge in [-0.1, -0.05) is 23.7 Å². The quantitative estimate of drug-likeness (QED) is 0.597. The Morgan fingerprint density at radius 2 is 2.10 bits per heavy atom. The lowest BCUT2D eigenvalue weighted by Crippen LogP contribution is -2.31. The predicted octanol–water partition coefficient (Wildman–Crippen LogP) is 3.04. The van der Waals surface area contributed by atoms with Gasteiger partial charge in [-0.2, -0.15) is 9.97 Å². The van der Waals surface area contributed by atoms with Crippen molar-refractivity contribution in [1.29, 1.82) is 0 Å². The van der Waals surface area contributed by atoms with Gasteiger partial charge in [0.05, 0.1) is 11.4 Å². The van der Waals surface area contributed by atoms with Crippen molar-refractivity contribution in [2.75, 3.05) is 29.8 Å². The van der Waals surface area contributed by atoms with E-state index < -0.39 is 10.0 Å². The van der Waals surface area contributed by atoms with E-state index in [9.17, 15) is 8.42 Å². The molecule has 2 aromatic heterocycles. The third-order valence-electron chi connectivity index (χ3n) is 4.68. The number of fused-ring (bicyclic) bond motifs is 1. The summed E-state index contributed by atoms with van der Waals surface area (Å²) in [5, 5.41) is 0.345. The van der Waals surface area contributed by atoms with Gasteiger partial charge < -0.3 is 14.4 Å². The van der Waals surface area contributed by atoms with E-state index in [1.165, 1.54) is 6.07 Å². The summed E-state index contributed by atoms with van der Waals surface area (Å²) in [6.45, 7) is 2.80. The van der Waals surface area contributed by atoms with Crippen LogP contribution in [0.2, 0.25) is 5.02 Å². The number of pyridine rings is 1. The number of hydrogen-bond donors (Lipinski definition) is 1. The van der Waals surface area contributed by atoms with Gasteiger partial charge in [-0.05, 0) is 30.7 Å². The highest BCUT2D eigenvalue weighted by Gasteiger charge is 2.26. The van der Waals surface area contributed by atoms with E-state index in [2.05, 4.69) is 19.7 Å². The van der Waals surface area contributed by atoms with Crippen LogP contribution in [0.5, 0.6) is 11.8 Å². The zero-order valence-electron chi connectivity index (χ0n) is 16.9. The lowest BCUT2D eigenvalue weighted by molar-refractivity contribution is 0.278.